The van der Waals surface area contributed by atoms with Crippen LogP contribution in [-0.2, 0) is 15.0 Å². The van der Waals surface area contributed by atoms with Crippen molar-refractivity contribution in [1.29, 1.82) is 0 Å². The second-order valence-corrected chi connectivity index (χ2v) is 8.04. The molecule has 0 unspecified atom stereocenters. The molecule has 1 N–H and O–H groups in total. The maximum absolute atomic E-state index is 13.2. The number of hydrogen-bond donors (Lipinski definition) is 1. The molecule has 0 atom stereocenters. The number of carbonyl (C=O) groups excluding carboxylic acids is 1. The van der Waals surface area contributed by atoms with Crippen molar-refractivity contribution in [3.8, 4) is 11.3 Å². The Morgan fingerprint density at radius 1 is 0.933 bits per heavy atom. The van der Waals surface area contributed by atoms with E-state index in [2.05, 4.69) is 14.7 Å². The molecule has 0 spiro atoms. The monoisotopic (exact) mass is 418 g/mol. The van der Waals surface area contributed by atoms with Crippen molar-refractivity contribution in [2.45, 2.75) is 6.92 Å². The molecule has 7 nitrogen and oxygen atoms in total. The van der Waals surface area contributed by atoms with Crippen LogP contribution in [0.4, 0.5) is 11.5 Å². The number of hydrogen-bond acceptors (Lipinski definition) is 5. The molecule has 2 aromatic heterocycles. The third-order valence-corrected chi connectivity index (χ3v) is 5.80. The van der Waals surface area contributed by atoms with Gasteiger partial charge in [-0.1, -0.05) is 54.6 Å². The highest BCUT2D eigenvalue weighted by Gasteiger charge is 2.28. The Bertz CT molecular complexity index is 1310. The predicted molar refractivity (Wildman–Crippen MR) is 117 cm³/mol. The van der Waals surface area contributed by atoms with E-state index in [0.717, 1.165) is 10.9 Å². The van der Waals surface area contributed by atoms with E-state index in [1.807, 2.05) is 42.5 Å². The topological polar surface area (TPSA) is 92.3 Å². The van der Waals surface area contributed by atoms with Gasteiger partial charge >= 0.3 is 10.2 Å². The van der Waals surface area contributed by atoms with E-state index in [4.69, 9.17) is 0 Å². The number of nitrogens with one attached hydrogen (secondary N) is 1. The van der Waals surface area contributed by atoms with Gasteiger partial charge in [0, 0.05) is 24.1 Å². The summed E-state index contributed by atoms with van der Waals surface area (Å²) in [5, 5.41) is 0.720. The van der Waals surface area contributed by atoms with Gasteiger partial charge in [0.25, 0.3) is 0 Å². The number of pyridine rings is 2. The smallest absolute Gasteiger partial charge is 0.274 e. The van der Waals surface area contributed by atoms with E-state index >= 15 is 0 Å². The van der Waals surface area contributed by atoms with Crippen LogP contribution in [0.15, 0.2) is 85.1 Å². The molecule has 4 rings (SSSR count). The van der Waals surface area contributed by atoms with Crippen LogP contribution in [0.5, 0.6) is 0 Å². The standard InChI is InChI=1S/C22H18N4O3S/c1-16(27)26(19-12-6-3-7-13-19)30(28,29)25-22-21-18(11-8-14-23-21)15-20(24-22)17-9-4-2-5-10-17/h2-15H,1H3,(H,24,25). The van der Waals surface area contributed by atoms with Crippen molar-refractivity contribution < 1.29 is 13.2 Å². The Morgan fingerprint density at radius 3 is 2.27 bits per heavy atom. The average molecular weight is 418 g/mol. The fourth-order valence-corrected chi connectivity index (χ4v) is 4.35. The van der Waals surface area contributed by atoms with Crippen LogP contribution in [0.25, 0.3) is 22.2 Å². The van der Waals surface area contributed by atoms with Crippen LogP contribution in [0, 0.1) is 0 Å². The Kier molecular flexibility index (Phi) is 5.16. The molecule has 0 fully saturated rings. The molecular weight excluding hydrogens is 400 g/mol. The van der Waals surface area contributed by atoms with Crippen LogP contribution in [0.2, 0.25) is 0 Å². The first-order chi connectivity index (χ1) is 14.5. The van der Waals surface area contributed by atoms with Crippen LogP contribution in [-0.4, -0.2) is 24.3 Å². The van der Waals surface area contributed by atoms with Crippen molar-refractivity contribution in [3.63, 3.8) is 0 Å². The minimum Gasteiger partial charge on any atom is -0.274 e. The van der Waals surface area contributed by atoms with Gasteiger partial charge in [-0.15, -0.1) is 0 Å². The predicted octanol–water partition coefficient (Wildman–Crippen LogP) is 4.01. The van der Waals surface area contributed by atoms with E-state index < -0.39 is 16.1 Å². The summed E-state index contributed by atoms with van der Waals surface area (Å²) < 4.78 is 29.5. The average Bonchev–Trinajstić information content (AvgIpc) is 2.74. The third kappa shape index (κ3) is 3.85. The first kappa shape index (κ1) is 19.5. The maximum atomic E-state index is 13.2. The van der Waals surface area contributed by atoms with Gasteiger partial charge < -0.3 is 0 Å². The Hall–Kier alpha value is -3.78. The number of carbonyl (C=O) groups is 1. The number of fused-ring (bicyclic) bond motifs is 1. The molecule has 0 aliphatic rings. The molecule has 0 saturated heterocycles. The molecule has 30 heavy (non-hydrogen) atoms. The van der Waals surface area contributed by atoms with E-state index in [-0.39, 0.29) is 11.5 Å². The molecule has 4 aromatic rings. The summed E-state index contributed by atoms with van der Waals surface area (Å²) in [6.45, 7) is 1.19. The summed E-state index contributed by atoms with van der Waals surface area (Å²) in [7, 11) is -4.29. The molecule has 150 valence electrons. The number of benzene rings is 2. The molecule has 0 bridgehead atoms. The molecule has 0 aliphatic carbocycles. The Morgan fingerprint density at radius 2 is 1.60 bits per heavy atom. The highest BCUT2D eigenvalue weighted by Crippen LogP contribution is 2.28. The molecule has 2 heterocycles. The second-order valence-electron chi connectivity index (χ2n) is 6.52. The number of anilines is 2. The third-order valence-electron chi connectivity index (χ3n) is 4.40. The molecule has 0 aliphatic heterocycles. The van der Waals surface area contributed by atoms with Gasteiger partial charge in [0.05, 0.1) is 11.4 Å². The van der Waals surface area contributed by atoms with Crippen molar-refractivity contribution in [2.75, 3.05) is 9.03 Å². The lowest BCUT2D eigenvalue weighted by atomic mass is 10.1. The van der Waals surface area contributed by atoms with E-state index in [1.54, 1.807) is 42.6 Å². The van der Waals surface area contributed by atoms with E-state index in [0.29, 0.717) is 15.5 Å². The molecule has 0 saturated carbocycles. The quantitative estimate of drug-likeness (QED) is 0.529. The summed E-state index contributed by atoms with van der Waals surface area (Å²) in [5.74, 6) is -0.598. The minimum absolute atomic E-state index is 0.0501. The zero-order valence-electron chi connectivity index (χ0n) is 16.1. The molecular formula is C22H18N4O3S. The van der Waals surface area contributed by atoms with Crippen molar-refractivity contribution in [3.05, 3.63) is 85.1 Å². The van der Waals surface area contributed by atoms with Crippen LogP contribution in [0.1, 0.15) is 6.92 Å². The fourth-order valence-electron chi connectivity index (χ4n) is 3.13. The maximum Gasteiger partial charge on any atom is 0.331 e. The van der Waals surface area contributed by atoms with Gasteiger partial charge in [0.2, 0.25) is 5.91 Å². The van der Waals surface area contributed by atoms with E-state index in [1.165, 1.54) is 6.92 Å². The molecule has 2 aromatic carbocycles. The zero-order chi connectivity index (χ0) is 21.1. The van der Waals surface area contributed by atoms with Crippen molar-refractivity contribution in [1.82, 2.24) is 9.97 Å². The van der Waals surface area contributed by atoms with E-state index in [9.17, 15) is 13.2 Å². The minimum atomic E-state index is -4.29. The SMILES string of the molecule is CC(=O)N(c1ccccc1)S(=O)(=O)Nc1nc(-c2ccccc2)cc2cccnc12. The van der Waals surface area contributed by atoms with Gasteiger partial charge in [0.15, 0.2) is 5.82 Å². The summed E-state index contributed by atoms with van der Waals surface area (Å²) in [5.41, 5.74) is 2.03. The first-order valence-corrected chi connectivity index (χ1v) is 10.6. The summed E-state index contributed by atoms with van der Waals surface area (Å²) in [4.78, 5) is 21.0. The highest BCUT2D eigenvalue weighted by molar-refractivity contribution is 7.94. The second kappa shape index (κ2) is 7.92. The lowest BCUT2D eigenvalue weighted by Crippen LogP contribution is -2.39. The van der Waals surface area contributed by atoms with Gasteiger partial charge in [0.1, 0.15) is 5.52 Å². The van der Waals surface area contributed by atoms with Crippen molar-refractivity contribution >= 4 is 38.5 Å². The number of aromatic nitrogens is 2. The fraction of sp³-hybridized carbons (Fsp3) is 0.0455. The largest absolute Gasteiger partial charge is 0.331 e. The highest BCUT2D eigenvalue weighted by atomic mass is 32.2. The Labute approximate surface area is 174 Å². The molecule has 8 heteroatoms. The van der Waals surface area contributed by atoms with Gasteiger partial charge in [-0.05, 0) is 24.3 Å². The normalized spacial score (nSPS) is 11.2. The van der Waals surface area contributed by atoms with Crippen LogP contribution < -0.4 is 9.03 Å². The van der Waals surface area contributed by atoms with Gasteiger partial charge in [-0.2, -0.15) is 12.7 Å². The summed E-state index contributed by atoms with van der Waals surface area (Å²) in [6, 6.07) is 23.0. The molecule has 1 amide bonds. The van der Waals surface area contributed by atoms with Crippen LogP contribution in [0.3, 0.4) is 0 Å². The van der Waals surface area contributed by atoms with Gasteiger partial charge in [-0.25, -0.2) is 9.71 Å². The lowest BCUT2D eigenvalue weighted by molar-refractivity contribution is -0.115. The number of rotatable bonds is 5. The first-order valence-electron chi connectivity index (χ1n) is 9.15. The molecule has 0 radical (unpaired) electrons. The summed E-state index contributed by atoms with van der Waals surface area (Å²) in [6.07, 6.45) is 1.56. The van der Waals surface area contributed by atoms with Crippen molar-refractivity contribution in [2.24, 2.45) is 0 Å². The van der Waals surface area contributed by atoms with Crippen LogP contribution >= 0.6 is 0 Å². The Balaban J connectivity index is 1.83. The summed E-state index contributed by atoms with van der Waals surface area (Å²) >= 11 is 0. The number of nitrogens with zero attached hydrogens (tertiary/aromatic N) is 3. The lowest BCUT2D eigenvalue weighted by Gasteiger charge is -2.22. The zero-order valence-corrected chi connectivity index (χ0v) is 16.9. The number of para-hydroxylation sites is 1. The van der Waals surface area contributed by atoms with Gasteiger partial charge in [-0.3, -0.25) is 9.78 Å². The number of amides is 1.